The molecule has 2 heterocycles. The largest absolute Gasteiger partial charge is 0.403 e. The minimum atomic E-state index is -0.0628. The van der Waals surface area contributed by atoms with Crippen LogP contribution in [0.5, 0.6) is 0 Å². The molecule has 5 nitrogen and oxygen atoms in total. The molecule has 1 saturated carbocycles. The summed E-state index contributed by atoms with van der Waals surface area (Å²) in [7, 11) is 0. The molecule has 0 unspecified atom stereocenters. The predicted octanol–water partition coefficient (Wildman–Crippen LogP) is 4.23. The molecule has 1 N–H and O–H groups in total. The highest BCUT2D eigenvalue weighted by Crippen LogP contribution is 2.37. The van der Waals surface area contributed by atoms with E-state index in [0.29, 0.717) is 14.2 Å². The number of thiophene rings is 1. The number of aromatic nitrogens is 2. The van der Waals surface area contributed by atoms with E-state index in [0.717, 1.165) is 25.7 Å². The Hall–Kier alpha value is -1.11. The quantitative estimate of drug-likeness (QED) is 0.913. The van der Waals surface area contributed by atoms with Gasteiger partial charge in [0.1, 0.15) is 4.34 Å². The lowest BCUT2D eigenvalue weighted by Gasteiger charge is -2.06. The predicted molar refractivity (Wildman–Crippen MR) is 78.2 cm³/mol. The number of hydrogen-bond donors (Lipinski definition) is 1. The normalized spacial score (nSPS) is 15.7. The van der Waals surface area contributed by atoms with Crippen molar-refractivity contribution in [3.63, 3.8) is 0 Å². The minimum Gasteiger partial charge on any atom is -0.403 e. The maximum atomic E-state index is 11.9. The number of hydrogen-bond acceptors (Lipinski definition) is 5. The van der Waals surface area contributed by atoms with Gasteiger partial charge >= 0.3 is 6.01 Å². The van der Waals surface area contributed by atoms with E-state index in [2.05, 4.69) is 15.5 Å². The number of amides is 1. The lowest BCUT2D eigenvalue weighted by molar-refractivity contribution is -0.119. The molecule has 0 saturated heterocycles. The first-order chi connectivity index (χ1) is 9.63. The van der Waals surface area contributed by atoms with E-state index in [1.807, 2.05) is 0 Å². The van der Waals surface area contributed by atoms with E-state index in [1.54, 1.807) is 6.07 Å². The monoisotopic (exact) mass is 331 g/mol. The molecule has 0 atom stereocenters. The minimum absolute atomic E-state index is 0.0459. The number of nitrogens with zero attached hydrogens (tertiary/aromatic N) is 2. The molecule has 1 aliphatic carbocycles. The summed E-state index contributed by atoms with van der Waals surface area (Å²) in [5.41, 5.74) is 0.579. The summed E-state index contributed by atoms with van der Waals surface area (Å²) in [5.74, 6) is 0.233. The average molecular weight is 332 g/mol. The van der Waals surface area contributed by atoms with E-state index in [9.17, 15) is 4.79 Å². The zero-order valence-electron chi connectivity index (χ0n) is 10.4. The van der Waals surface area contributed by atoms with Crippen LogP contribution in [0.2, 0.25) is 8.67 Å². The molecule has 2 aromatic heterocycles. The van der Waals surface area contributed by atoms with Crippen molar-refractivity contribution in [3.05, 3.63) is 14.7 Å². The van der Waals surface area contributed by atoms with Crippen LogP contribution in [-0.4, -0.2) is 16.1 Å². The molecular formula is C12H11Cl2N3O2S. The Bertz CT molecular complexity index is 634. The van der Waals surface area contributed by atoms with Gasteiger partial charge in [0.2, 0.25) is 5.91 Å². The lowest BCUT2D eigenvalue weighted by Crippen LogP contribution is -2.20. The summed E-state index contributed by atoms with van der Waals surface area (Å²) in [6, 6.07) is 1.75. The average Bonchev–Trinajstić information content (AvgIpc) is 3.10. The van der Waals surface area contributed by atoms with E-state index >= 15 is 0 Å². The van der Waals surface area contributed by atoms with Gasteiger partial charge in [-0.25, -0.2) is 0 Å². The van der Waals surface area contributed by atoms with Crippen molar-refractivity contribution in [3.8, 4) is 11.5 Å². The highest BCUT2D eigenvalue weighted by atomic mass is 35.5. The molecule has 20 heavy (non-hydrogen) atoms. The topological polar surface area (TPSA) is 68.0 Å². The summed E-state index contributed by atoms with van der Waals surface area (Å²) in [6.45, 7) is 0. The van der Waals surface area contributed by atoms with E-state index in [-0.39, 0.29) is 23.7 Å². The van der Waals surface area contributed by atoms with E-state index < -0.39 is 0 Å². The molecular weight excluding hydrogens is 321 g/mol. The van der Waals surface area contributed by atoms with Gasteiger partial charge in [-0.1, -0.05) is 41.1 Å². The summed E-state index contributed by atoms with van der Waals surface area (Å²) in [6.07, 6.45) is 4.02. The SMILES string of the molecule is O=C(Nc1nnc(-c2cc(Cl)sc2Cl)o1)C1CCCC1. The molecule has 106 valence electrons. The van der Waals surface area contributed by atoms with Crippen LogP contribution < -0.4 is 5.32 Å². The number of nitrogens with one attached hydrogen (secondary N) is 1. The zero-order chi connectivity index (χ0) is 14.1. The number of anilines is 1. The molecule has 1 fully saturated rings. The smallest absolute Gasteiger partial charge is 0.322 e. The molecule has 0 bridgehead atoms. The highest BCUT2D eigenvalue weighted by molar-refractivity contribution is 7.20. The second-order valence-corrected chi connectivity index (χ2v) is 6.91. The fourth-order valence-corrected chi connectivity index (χ4v) is 3.71. The number of carbonyl (C=O) groups is 1. The maximum absolute atomic E-state index is 11.9. The van der Waals surface area contributed by atoms with Gasteiger partial charge in [0.25, 0.3) is 5.89 Å². The third-order valence-electron chi connectivity index (χ3n) is 3.27. The van der Waals surface area contributed by atoms with Gasteiger partial charge in [-0.15, -0.1) is 16.4 Å². The van der Waals surface area contributed by atoms with Crippen molar-refractivity contribution in [2.45, 2.75) is 25.7 Å². The van der Waals surface area contributed by atoms with Crippen LogP contribution in [0.4, 0.5) is 6.01 Å². The number of rotatable bonds is 3. The van der Waals surface area contributed by atoms with Crippen LogP contribution in [0.15, 0.2) is 10.5 Å². The Balaban J connectivity index is 1.73. The summed E-state index contributed by atoms with van der Waals surface area (Å²) >= 11 is 13.1. The van der Waals surface area contributed by atoms with Gasteiger partial charge in [0.05, 0.1) is 9.90 Å². The lowest BCUT2D eigenvalue weighted by atomic mass is 10.1. The molecule has 1 amide bonds. The molecule has 3 rings (SSSR count). The molecule has 2 aromatic rings. The van der Waals surface area contributed by atoms with Crippen LogP contribution in [-0.2, 0) is 4.79 Å². The van der Waals surface area contributed by atoms with Crippen molar-refractivity contribution < 1.29 is 9.21 Å². The van der Waals surface area contributed by atoms with Crippen molar-refractivity contribution in [1.82, 2.24) is 10.2 Å². The molecule has 8 heteroatoms. The van der Waals surface area contributed by atoms with Gasteiger partial charge in [-0.05, 0) is 18.9 Å². The van der Waals surface area contributed by atoms with Crippen LogP contribution in [0.1, 0.15) is 25.7 Å². The van der Waals surface area contributed by atoms with Crippen molar-refractivity contribution in [2.75, 3.05) is 5.32 Å². The molecule has 0 spiro atoms. The zero-order valence-corrected chi connectivity index (χ0v) is 12.7. The van der Waals surface area contributed by atoms with Crippen molar-refractivity contribution in [1.29, 1.82) is 0 Å². The Morgan fingerprint density at radius 1 is 1.35 bits per heavy atom. The summed E-state index contributed by atoms with van der Waals surface area (Å²) in [5, 5.41) is 10.3. The molecule has 1 aliphatic rings. The fraction of sp³-hybridized carbons (Fsp3) is 0.417. The first-order valence-electron chi connectivity index (χ1n) is 6.23. The van der Waals surface area contributed by atoms with Gasteiger partial charge in [-0.2, -0.15) is 0 Å². The van der Waals surface area contributed by atoms with Gasteiger partial charge in [-0.3, -0.25) is 10.1 Å². The van der Waals surface area contributed by atoms with Crippen LogP contribution in [0.3, 0.4) is 0 Å². The van der Waals surface area contributed by atoms with E-state index in [1.165, 1.54) is 11.3 Å². The van der Waals surface area contributed by atoms with Gasteiger partial charge in [0, 0.05) is 5.92 Å². The maximum Gasteiger partial charge on any atom is 0.322 e. The standard InChI is InChI=1S/C12H11Cl2N3O2S/c13-8-5-7(9(14)20-8)11-16-17-12(19-11)15-10(18)6-3-1-2-4-6/h5-6H,1-4H2,(H,15,17,18). The van der Waals surface area contributed by atoms with Crippen LogP contribution >= 0.6 is 34.5 Å². The van der Waals surface area contributed by atoms with Gasteiger partial charge in [0.15, 0.2) is 0 Å². The molecule has 0 aromatic carbocycles. The molecule has 0 aliphatic heterocycles. The second kappa shape index (κ2) is 5.71. The number of halogens is 2. The second-order valence-electron chi connectivity index (χ2n) is 4.62. The Labute approximate surface area is 129 Å². The van der Waals surface area contributed by atoms with Gasteiger partial charge < -0.3 is 4.42 Å². The Kier molecular flexibility index (Phi) is 3.96. The van der Waals surface area contributed by atoms with E-state index in [4.69, 9.17) is 27.6 Å². The summed E-state index contributed by atoms with van der Waals surface area (Å²) in [4.78, 5) is 11.9. The highest BCUT2D eigenvalue weighted by Gasteiger charge is 2.24. The third-order valence-corrected chi connectivity index (χ3v) is 4.76. The first kappa shape index (κ1) is 13.9. The molecule has 0 radical (unpaired) electrons. The number of carbonyl (C=O) groups excluding carboxylic acids is 1. The van der Waals surface area contributed by atoms with Crippen LogP contribution in [0.25, 0.3) is 11.5 Å². The fourth-order valence-electron chi connectivity index (χ4n) is 2.26. The van der Waals surface area contributed by atoms with Crippen LogP contribution in [0, 0.1) is 5.92 Å². The third kappa shape index (κ3) is 2.82. The first-order valence-corrected chi connectivity index (χ1v) is 7.80. The summed E-state index contributed by atoms with van der Waals surface area (Å²) < 4.78 is 6.42. The van der Waals surface area contributed by atoms with Crippen molar-refractivity contribution >= 4 is 46.5 Å². The van der Waals surface area contributed by atoms with Crippen molar-refractivity contribution in [2.24, 2.45) is 5.92 Å². The Morgan fingerprint density at radius 2 is 2.10 bits per heavy atom. The Morgan fingerprint density at radius 3 is 2.75 bits per heavy atom.